The molecule has 5 aromatic rings. The van der Waals surface area contributed by atoms with Gasteiger partial charge in [-0.15, -0.1) is 5.10 Å². The number of halogens is 1. The number of rotatable bonds is 4. The van der Waals surface area contributed by atoms with Gasteiger partial charge in [-0.25, -0.2) is 19.2 Å². The van der Waals surface area contributed by atoms with Gasteiger partial charge in [-0.1, -0.05) is 48.0 Å². The highest BCUT2D eigenvalue weighted by atomic mass is 35.5. The van der Waals surface area contributed by atoms with Crippen LogP contribution in [0, 0.1) is 0 Å². The summed E-state index contributed by atoms with van der Waals surface area (Å²) in [6.45, 7) is 0. The third-order valence-corrected chi connectivity index (χ3v) is 4.72. The zero-order valence-corrected chi connectivity index (χ0v) is 15.1. The van der Waals surface area contributed by atoms with Crippen molar-refractivity contribution in [2.45, 2.75) is 12.8 Å². The Bertz CT molecular complexity index is 1240. The summed E-state index contributed by atoms with van der Waals surface area (Å²) in [6.07, 6.45) is 5.12. The third kappa shape index (κ3) is 2.94. The van der Waals surface area contributed by atoms with Gasteiger partial charge in [0.2, 0.25) is 0 Å². The van der Waals surface area contributed by atoms with Gasteiger partial charge in [0.25, 0.3) is 0 Å². The summed E-state index contributed by atoms with van der Waals surface area (Å²) in [5.74, 6) is 0.795. The van der Waals surface area contributed by atoms with Crippen molar-refractivity contribution in [2.75, 3.05) is 0 Å². The molecule has 132 valence electrons. The van der Waals surface area contributed by atoms with Gasteiger partial charge >= 0.3 is 0 Å². The van der Waals surface area contributed by atoms with Gasteiger partial charge in [-0.3, -0.25) is 0 Å². The molecule has 27 heavy (non-hydrogen) atoms. The summed E-state index contributed by atoms with van der Waals surface area (Å²) >= 11 is 6.11. The molecule has 2 aromatic carbocycles. The van der Waals surface area contributed by atoms with E-state index >= 15 is 0 Å². The monoisotopic (exact) mass is 374 g/mol. The van der Waals surface area contributed by atoms with Crippen LogP contribution in [0.15, 0.2) is 67.1 Å². The molecule has 0 saturated heterocycles. The smallest absolute Gasteiger partial charge is 0.170 e. The maximum Gasteiger partial charge on any atom is 0.170 e. The largest absolute Gasteiger partial charge is 0.216 e. The van der Waals surface area contributed by atoms with Crippen molar-refractivity contribution in [3.05, 3.63) is 83.5 Å². The molecule has 0 bridgehead atoms. The quantitative estimate of drug-likeness (QED) is 0.478. The van der Waals surface area contributed by atoms with Crippen LogP contribution in [0.5, 0.6) is 0 Å². The van der Waals surface area contributed by atoms with Crippen LogP contribution in [0.1, 0.15) is 11.4 Å². The lowest BCUT2D eigenvalue weighted by molar-refractivity contribution is 0.826. The molecule has 0 unspecified atom stereocenters. The van der Waals surface area contributed by atoms with Crippen molar-refractivity contribution in [1.82, 2.24) is 29.4 Å². The van der Waals surface area contributed by atoms with Crippen LogP contribution in [-0.4, -0.2) is 29.4 Å². The molecule has 3 aromatic heterocycles. The van der Waals surface area contributed by atoms with Gasteiger partial charge in [0.15, 0.2) is 17.1 Å². The Hall–Kier alpha value is -3.25. The Morgan fingerprint density at radius 3 is 2.67 bits per heavy atom. The van der Waals surface area contributed by atoms with Crippen molar-refractivity contribution < 1.29 is 0 Å². The summed E-state index contributed by atoms with van der Waals surface area (Å²) in [4.78, 5) is 9.24. The van der Waals surface area contributed by atoms with E-state index in [4.69, 9.17) is 16.6 Å². The molecule has 0 aliphatic heterocycles. The van der Waals surface area contributed by atoms with E-state index < -0.39 is 0 Å². The Balaban J connectivity index is 1.52. The first-order chi connectivity index (χ1) is 13.3. The summed E-state index contributed by atoms with van der Waals surface area (Å²) in [7, 11) is 0. The fraction of sp³-hybridized carbons (Fsp3) is 0.100. The standard InChI is InChI=1S/C20H15ClN6/c21-15-7-4-8-16(11-15)27-19-17(12-23-27)20-24-18(25-26(20)13-22-19)10-9-14-5-2-1-3-6-14/h1-8,11-13H,9-10H2. The number of hydrogen-bond donors (Lipinski definition) is 0. The minimum atomic E-state index is 0.655. The normalized spacial score (nSPS) is 11.4. The summed E-state index contributed by atoms with van der Waals surface area (Å²) in [5.41, 5.74) is 3.62. The topological polar surface area (TPSA) is 60.9 Å². The molecule has 0 atom stereocenters. The summed E-state index contributed by atoms with van der Waals surface area (Å²) in [6, 6.07) is 17.9. The molecular weight excluding hydrogens is 360 g/mol. The molecule has 0 saturated carbocycles. The minimum Gasteiger partial charge on any atom is -0.216 e. The second-order valence-corrected chi connectivity index (χ2v) is 6.74. The number of hydrogen-bond acceptors (Lipinski definition) is 4. The fourth-order valence-corrected chi connectivity index (χ4v) is 3.35. The van der Waals surface area contributed by atoms with E-state index in [2.05, 4.69) is 27.3 Å². The second-order valence-electron chi connectivity index (χ2n) is 6.30. The number of aromatic nitrogens is 6. The Labute approximate surface area is 160 Å². The van der Waals surface area contributed by atoms with Crippen LogP contribution in [0.25, 0.3) is 22.4 Å². The SMILES string of the molecule is Clc1cccc(-n2ncc3c2ncn2nc(CCc4ccccc4)nc32)c1. The second kappa shape index (κ2) is 6.48. The van der Waals surface area contributed by atoms with Gasteiger partial charge < -0.3 is 0 Å². The van der Waals surface area contributed by atoms with Crippen molar-refractivity contribution in [2.24, 2.45) is 0 Å². The minimum absolute atomic E-state index is 0.655. The third-order valence-electron chi connectivity index (χ3n) is 4.48. The summed E-state index contributed by atoms with van der Waals surface area (Å²) in [5, 5.41) is 10.5. The van der Waals surface area contributed by atoms with Gasteiger partial charge in [0, 0.05) is 11.4 Å². The van der Waals surface area contributed by atoms with Gasteiger partial charge in [-0.05, 0) is 30.2 Å². The molecule has 7 heteroatoms. The maximum absolute atomic E-state index is 6.11. The van der Waals surface area contributed by atoms with Gasteiger partial charge in [0.05, 0.1) is 17.3 Å². The van der Waals surface area contributed by atoms with E-state index in [0.29, 0.717) is 5.02 Å². The Morgan fingerprint density at radius 1 is 0.926 bits per heavy atom. The molecule has 0 radical (unpaired) electrons. The highest BCUT2D eigenvalue weighted by Gasteiger charge is 2.13. The van der Waals surface area contributed by atoms with Crippen molar-refractivity contribution in [3.63, 3.8) is 0 Å². The number of benzene rings is 2. The van der Waals surface area contributed by atoms with Crippen LogP contribution in [-0.2, 0) is 12.8 Å². The average Bonchev–Trinajstić information content (AvgIpc) is 3.30. The first kappa shape index (κ1) is 16.0. The number of nitrogens with zero attached hydrogens (tertiary/aromatic N) is 6. The van der Waals surface area contributed by atoms with E-state index in [1.807, 2.05) is 42.5 Å². The predicted molar refractivity (Wildman–Crippen MR) is 104 cm³/mol. The maximum atomic E-state index is 6.11. The van der Waals surface area contributed by atoms with Crippen molar-refractivity contribution >= 4 is 28.3 Å². The van der Waals surface area contributed by atoms with Crippen LogP contribution in [0.3, 0.4) is 0 Å². The van der Waals surface area contributed by atoms with E-state index in [9.17, 15) is 0 Å². The van der Waals surface area contributed by atoms with Crippen LogP contribution >= 0.6 is 11.6 Å². The lowest BCUT2D eigenvalue weighted by Gasteiger charge is -2.02. The summed E-state index contributed by atoms with van der Waals surface area (Å²) < 4.78 is 3.48. The van der Waals surface area contributed by atoms with Crippen LogP contribution in [0.2, 0.25) is 5.02 Å². The predicted octanol–water partition coefficient (Wildman–Crippen LogP) is 3.90. The molecule has 5 rings (SSSR count). The lowest BCUT2D eigenvalue weighted by atomic mass is 10.1. The molecule has 6 nitrogen and oxygen atoms in total. The molecule has 0 amide bonds. The first-order valence-corrected chi connectivity index (χ1v) is 9.03. The Kier molecular flexibility index (Phi) is 3.83. The highest BCUT2D eigenvalue weighted by Crippen LogP contribution is 2.21. The zero-order valence-electron chi connectivity index (χ0n) is 14.3. The molecule has 0 aliphatic rings. The van der Waals surface area contributed by atoms with Gasteiger partial charge in [0.1, 0.15) is 6.33 Å². The van der Waals surface area contributed by atoms with Crippen molar-refractivity contribution in [1.29, 1.82) is 0 Å². The molecule has 0 spiro atoms. The lowest BCUT2D eigenvalue weighted by Crippen LogP contribution is -1.99. The van der Waals surface area contributed by atoms with Crippen LogP contribution in [0.4, 0.5) is 0 Å². The number of aryl methyl sites for hydroxylation is 2. The molecule has 0 fully saturated rings. The van der Waals surface area contributed by atoms with E-state index in [1.165, 1.54) is 5.56 Å². The highest BCUT2D eigenvalue weighted by molar-refractivity contribution is 6.30. The first-order valence-electron chi connectivity index (χ1n) is 8.66. The van der Waals surface area contributed by atoms with Crippen LogP contribution < -0.4 is 0 Å². The Morgan fingerprint density at radius 2 is 1.81 bits per heavy atom. The van der Waals surface area contributed by atoms with E-state index in [0.717, 1.165) is 41.0 Å². The van der Waals surface area contributed by atoms with E-state index in [1.54, 1.807) is 21.7 Å². The molecular formula is C20H15ClN6. The van der Waals surface area contributed by atoms with E-state index in [-0.39, 0.29) is 0 Å². The molecule has 0 N–H and O–H groups in total. The molecule has 3 heterocycles. The number of fused-ring (bicyclic) bond motifs is 3. The molecule has 0 aliphatic carbocycles. The average molecular weight is 375 g/mol. The zero-order chi connectivity index (χ0) is 18.2. The fourth-order valence-electron chi connectivity index (χ4n) is 3.17. The van der Waals surface area contributed by atoms with Crippen molar-refractivity contribution in [3.8, 4) is 5.69 Å². The van der Waals surface area contributed by atoms with Gasteiger partial charge in [-0.2, -0.15) is 5.10 Å².